The number of rotatable bonds is 4. The van der Waals surface area contributed by atoms with E-state index in [9.17, 15) is 0 Å². The molecule has 3 heteroatoms. The molecule has 0 fully saturated rings. The van der Waals surface area contributed by atoms with Gasteiger partial charge in [-0.2, -0.15) is 0 Å². The Balaban J connectivity index is 2.80. The van der Waals surface area contributed by atoms with Gasteiger partial charge in [-0.15, -0.1) is 0 Å². The van der Waals surface area contributed by atoms with Gasteiger partial charge in [0.1, 0.15) is 5.76 Å². The molecule has 1 heterocycles. The van der Waals surface area contributed by atoms with Crippen LogP contribution in [0, 0.1) is 5.92 Å². The van der Waals surface area contributed by atoms with Crippen molar-refractivity contribution in [1.82, 2.24) is 0 Å². The van der Waals surface area contributed by atoms with Crippen LogP contribution in [0.25, 0.3) is 0 Å². The van der Waals surface area contributed by atoms with E-state index in [0.717, 1.165) is 29.9 Å². The highest BCUT2D eigenvalue weighted by atomic mass is 16.7. The Morgan fingerprint density at radius 2 is 2.21 bits per heavy atom. The van der Waals surface area contributed by atoms with Gasteiger partial charge in [-0.1, -0.05) is 26.8 Å². The maximum Gasteiger partial charge on any atom is 0.299 e. The van der Waals surface area contributed by atoms with Crippen LogP contribution in [0.4, 0.5) is 0 Å². The lowest BCUT2D eigenvalue weighted by Crippen LogP contribution is -2.21. The molecule has 0 aromatic rings. The van der Waals surface area contributed by atoms with Crippen molar-refractivity contribution in [3.05, 3.63) is 23.7 Å². The maximum atomic E-state index is 5.56. The Kier molecular flexibility index (Phi) is 3.58. The molecule has 0 bridgehead atoms. The molecule has 0 aromatic heterocycles. The predicted molar refractivity (Wildman–Crippen MR) is 56.1 cm³/mol. The third-order valence-electron chi connectivity index (χ3n) is 2.26. The van der Waals surface area contributed by atoms with Crippen molar-refractivity contribution in [2.75, 3.05) is 0 Å². The summed E-state index contributed by atoms with van der Waals surface area (Å²) in [6.07, 6.45) is 1.53. The molecule has 2 atom stereocenters. The summed E-state index contributed by atoms with van der Waals surface area (Å²) in [7, 11) is 0. The number of hydrogen-bond acceptors (Lipinski definition) is 3. The van der Waals surface area contributed by atoms with E-state index < -0.39 is 6.41 Å². The maximum absolute atomic E-state index is 5.56. The first-order valence-corrected chi connectivity index (χ1v) is 5.05. The molecule has 0 aliphatic carbocycles. The average Bonchev–Trinajstić information content (AvgIpc) is 2.48. The van der Waals surface area contributed by atoms with E-state index >= 15 is 0 Å². The van der Waals surface area contributed by atoms with Crippen LogP contribution in [0.3, 0.4) is 0 Å². The largest absolute Gasteiger partial charge is 0.442 e. The minimum absolute atomic E-state index is 0.347. The van der Waals surface area contributed by atoms with Gasteiger partial charge in [0.05, 0.1) is 0 Å². The standard InChI is InChI=1S/C11H19NO2/c1-5-6-8(4)10-9(7(2)3)13-11(12)14-10/h8,11H,2,5-6,12H2,1,3-4H3. The Hall–Kier alpha value is -0.960. The summed E-state index contributed by atoms with van der Waals surface area (Å²) < 4.78 is 10.8. The normalized spacial score (nSPS) is 23.0. The topological polar surface area (TPSA) is 44.5 Å². The van der Waals surface area contributed by atoms with Gasteiger partial charge >= 0.3 is 0 Å². The molecule has 0 saturated heterocycles. The van der Waals surface area contributed by atoms with Crippen molar-refractivity contribution in [1.29, 1.82) is 0 Å². The summed E-state index contributed by atoms with van der Waals surface area (Å²) in [6.45, 7) is 10.0. The molecule has 0 radical (unpaired) electrons. The second-order valence-corrected chi connectivity index (χ2v) is 3.77. The van der Waals surface area contributed by atoms with E-state index in [0.29, 0.717) is 5.92 Å². The third-order valence-corrected chi connectivity index (χ3v) is 2.26. The fourth-order valence-electron chi connectivity index (χ4n) is 1.59. The number of ether oxygens (including phenoxy) is 2. The molecular weight excluding hydrogens is 178 g/mol. The molecule has 1 aliphatic heterocycles. The summed E-state index contributed by atoms with van der Waals surface area (Å²) >= 11 is 0. The molecule has 1 aliphatic rings. The lowest BCUT2D eigenvalue weighted by Gasteiger charge is -2.11. The van der Waals surface area contributed by atoms with E-state index in [4.69, 9.17) is 15.2 Å². The van der Waals surface area contributed by atoms with Gasteiger partial charge in [0.25, 0.3) is 6.41 Å². The molecule has 3 nitrogen and oxygen atoms in total. The molecule has 14 heavy (non-hydrogen) atoms. The van der Waals surface area contributed by atoms with Crippen LogP contribution in [-0.4, -0.2) is 6.41 Å². The highest BCUT2D eigenvalue weighted by Gasteiger charge is 2.27. The van der Waals surface area contributed by atoms with Crippen LogP contribution >= 0.6 is 0 Å². The number of allylic oxidation sites excluding steroid dienone is 2. The Labute approximate surface area is 85.6 Å². The van der Waals surface area contributed by atoms with Crippen LogP contribution in [0.5, 0.6) is 0 Å². The molecule has 0 spiro atoms. The van der Waals surface area contributed by atoms with Crippen LogP contribution in [0.1, 0.15) is 33.6 Å². The number of hydrogen-bond donors (Lipinski definition) is 1. The molecule has 0 aromatic carbocycles. The van der Waals surface area contributed by atoms with Gasteiger partial charge in [-0.05, 0) is 18.9 Å². The molecule has 0 amide bonds. The van der Waals surface area contributed by atoms with Gasteiger partial charge in [0, 0.05) is 5.92 Å². The minimum Gasteiger partial charge on any atom is -0.442 e. The van der Waals surface area contributed by atoms with Crippen LogP contribution < -0.4 is 5.73 Å². The summed E-state index contributed by atoms with van der Waals surface area (Å²) in [5, 5.41) is 0. The average molecular weight is 197 g/mol. The van der Waals surface area contributed by atoms with Crippen LogP contribution in [-0.2, 0) is 9.47 Å². The Morgan fingerprint density at radius 1 is 1.57 bits per heavy atom. The molecule has 80 valence electrons. The first-order chi connectivity index (χ1) is 6.56. The van der Waals surface area contributed by atoms with Crippen molar-refractivity contribution in [2.24, 2.45) is 11.7 Å². The molecular formula is C11H19NO2. The highest BCUT2D eigenvalue weighted by Crippen LogP contribution is 2.31. The lowest BCUT2D eigenvalue weighted by molar-refractivity contribution is -0.0366. The molecule has 2 unspecified atom stereocenters. The number of nitrogens with two attached hydrogens (primary N) is 1. The van der Waals surface area contributed by atoms with Gasteiger partial charge in [-0.3, -0.25) is 5.73 Å². The second-order valence-electron chi connectivity index (χ2n) is 3.77. The van der Waals surface area contributed by atoms with Crippen LogP contribution in [0.15, 0.2) is 23.7 Å². The van der Waals surface area contributed by atoms with Crippen molar-refractivity contribution < 1.29 is 9.47 Å². The van der Waals surface area contributed by atoms with Crippen molar-refractivity contribution in [3.63, 3.8) is 0 Å². The summed E-state index contributed by atoms with van der Waals surface area (Å²) in [6, 6.07) is 0. The molecule has 0 saturated carbocycles. The minimum atomic E-state index is -0.656. The summed E-state index contributed by atoms with van der Waals surface area (Å²) in [4.78, 5) is 0. The van der Waals surface area contributed by atoms with Gasteiger partial charge in [-0.25, -0.2) is 0 Å². The first kappa shape index (κ1) is 11.1. The van der Waals surface area contributed by atoms with Gasteiger partial charge in [0.15, 0.2) is 5.76 Å². The zero-order chi connectivity index (χ0) is 10.7. The Bertz CT molecular complexity index is 258. The highest BCUT2D eigenvalue weighted by molar-refractivity contribution is 5.26. The van der Waals surface area contributed by atoms with E-state index in [2.05, 4.69) is 20.4 Å². The van der Waals surface area contributed by atoms with Crippen molar-refractivity contribution in [3.8, 4) is 0 Å². The van der Waals surface area contributed by atoms with E-state index in [1.165, 1.54) is 0 Å². The van der Waals surface area contributed by atoms with Gasteiger partial charge < -0.3 is 9.47 Å². The van der Waals surface area contributed by atoms with E-state index in [1.54, 1.807) is 0 Å². The third kappa shape index (κ3) is 2.29. The molecule has 2 N–H and O–H groups in total. The fourth-order valence-corrected chi connectivity index (χ4v) is 1.59. The zero-order valence-corrected chi connectivity index (χ0v) is 9.17. The summed E-state index contributed by atoms with van der Waals surface area (Å²) in [5.74, 6) is 1.94. The Morgan fingerprint density at radius 3 is 2.71 bits per heavy atom. The van der Waals surface area contributed by atoms with E-state index in [1.807, 2.05) is 6.92 Å². The smallest absolute Gasteiger partial charge is 0.299 e. The quantitative estimate of drug-likeness (QED) is 0.753. The predicted octanol–water partition coefficient (Wildman–Crippen LogP) is 2.50. The second kappa shape index (κ2) is 4.51. The summed E-state index contributed by atoms with van der Waals surface area (Å²) in [5.41, 5.74) is 6.43. The fraction of sp³-hybridized carbons (Fsp3) is 0.636. The lowest BCUT2D eigenvalue weighted by atomic mass is 10.0. The SMILES string of the molecule is C=C(C)C1=C(C(C)CCC)OC(N)O1. The monoisotopic (exact) mass is 197 g/mol. The van der Waals surface area contributed by atoms with Crippen LogP contribution in [0.2, 0.25) is 0 Å². The van der Waals surface area contributed by atoms with Crippen molar-refractivity contribution in [2.45, 2.75) is 40.0 Å². The zero-order valence-electron chi connectivity index (χ0n) is 9.17. The molecule has 1 rings (SSSR count). The van der Waals surface area contributed by atoms with E-state index in [-0.39, 0.29) is 0 Å². The van der Waals surface area contributed by atoms with Crippen molar-refractivity contribution >= 4 is 0 Å². The first-order valence-electron chi connectivity index (χ1n) is 5.05. The van der Waals surface area contributed by atoms with Gasteiger partial charge in [0.2, 0.25) is 0 Å².